The van der Waals surface area contributed by atoms with Gasteiger partial charge < -0.3 is 35.1 Å². The zero-order chi connectivity index (χ0) is 24.8. The molecule has 0 spiro atoms. The van der Waals surface area contributed by atoms with Crippen molar-refractivity contribution in [2.24, 2.45) is 5.73 Å². The molecule has 0 saturated heterocycles. The second kappa shape index (κ2) is 10.9. The van der Waals surface area contributed by atoms with Crippen molar-refractivity contribution in [3.63, 3.8) is 0 Å². The fourth-order valence-electron chi connectivity index (χ4n) is 3.35. The number of methoxy groups -OCH3 is 4. The van der Waals surface area contributed by atoms with Gasteiger partial charge in [0, 0.05) is 17.3 Å². The molecule has 0 bridgehead atoms. The van der Waals surface area contributed by atoms with Gasteiger partial charge in [0.1, 0.15) is 5.75 Å². The van der Waals surface area contributed by atoms with Gasteiger partial charge in [0.15, 0.2) is 11.5 Å². The maximum atomic E-state index is 12.4. The lowest BCUT2D eigenvalue weighted by Crippen LogP contribution is -2.37. The summed E-state index contributed by atoms with van der Waals surface area (Å²) >= 11 is 1.28. The van der Waals surface area contributed by atoms with E-state index >= 15 is 0 Å². The van der Waals surface area contributed by atoms with Crippen LogP contribution in [-0.2, 0) is 9.59 Å². The molecule has 2 aromatic carbocycles. The Morgan fingerprint density at radius 1 is 1.00 bits per heavy atom. The largest absolute Gasteiger partial charge is 0.495 e. The van der Waals surface area contributed by atoms with Gasteiger partial charge in [-0.3, -0.25) is 9.59 Å². The Hall–Kier alpha value is -3.83. The first kappa shape index (κ1) is 24.8. The third-order valence-electron chi connectivity index (χ3n) is 5.00. The highest BCUT2D eigenvalue weighted by Crippen LogP contribution is 2.45. The number of anilines is 1. The zero-order valence-electron chi connectivity index (χ0n) is 19.1. The molecule has 10 nitrogen and oxygen atoms in total. The number of hydrogen-bond donors (Lipinski definition) is 3. The molecule has 0 fully saturated rings. The smallest absolute Gasteiger partial charge is 0.305 e. The number of nitrogens with one attached hydrogen (secondary N) is 1. The normalized spacial score (nSPS) is 11.4. The Bertz CT molecular complexity index is 1170. The summed E-state index contributed by atoms with van der Waals surface area (Å²) in [7, 11) is 6.09. The van der Waals surface area contributed by atoms with Gasteiger partial charge in [0.2, 0.25) is 11.7 Å². The van der Waals surface area contributed by atoms with E-state index in [9.17, 15) is 9.59 Å². The predicted molar refractivity (Wildman–Crippen MR) is 128 cm³/mol. The zero-order valence-corrected chi connectivity index (χ0v) is 19.9. The van der Waals surface area contributed by atoms with Crippen LogP contribution in [0, 0.1) is 0 Å². The molecule has 3 aromatic rings. The summed E-state index contributed by atoms with van der Waals surface area (Å²) in [5.41, 5.74) is 8.40. The van der Waals surface area contributed by atoms with Crippen LogP contribution in [0.15, 0.2) is 36.5 Å². The van der Waals surface area contributed by atoms with Crippen LogP contribution < -0.4 is 30.0 Å². The number of benzene rings is 2. The van der Waals surface area contributed by atoms with Crippen LogP contribution in [-0.4, -0.2) is 55.8 Å². The Morgan fingerprint density at radius 3 is 2.21 bits per heavy atom. The van der Waals surface area contributed by atoms with E-state index in [0.717, 1.165) is 21.6 Å². The summed E-state index contributed by atoms with van der Waals surface area (Å²) in [6.45, 7) is 0. The van der Waals surface area contributed by atoms with Gasteiger partial charge in [-0.15, -0.1) is 0 Å². The summed E-state index contributed by atoms with van der Waals surface area (Å²) in [4.78, 5) is 24.1. The monoisotopic (exact) mass is 487 g/mol. The molecular weight excluding hydrogens is 462 g/mol. The third-order valence-corrected chi connectivity index (χ3v) is 5.85. The van der Waals surface area contributed by atoms with Gasteiger partial charge in [0.25, 0.3) is 0 Å². The first-order valence-corrected chi connectivity index (χ1v) is 10.8. The molecule has 1 amide bonds. The van der Waals surface area contributed by atoms with Crippen molar-refractivity contribution in [3.8, 4) is 44.6 Å². The number of nitrogens with two attached hydrogens (primary N) is 1. The number of carbonyl (C=O) groups is 2. The first-order valence-electron chi connectivity index (χ1n) is 10.0. The number of carboxylic acid groups (broad SMARTS) is 1. The summed E-state index contributed by atoms with van der Waals surface area (Å²) in [6, 6.07) is 7.70. The molecule has 0 aliphatic rings. The highest BCUT2D eigenvalue weighted by Gasteiger charge is 2.21. The van der Waals surface area contributed by atoms with E-state index in [0.29, 0.717) is 28.7 Å². The summed E-state index contributed by atoms with van der Waals surface area (Å²) in [6.07, 6.45) is 1.22. The molecule has 1 atom stereocenters. The molecule has 180 valence electrons. The molecule has 11 heteroatoms. The van der Waals surface area contributed by atoms with E-state index in [2.05, 4.69) is 9.69 Å². The highest BCUT2D eigenvalue weighted by atomic mass is 32.1. The lowest BCUT2D eigenvalue weighted by molar-refractivity contribution is -0.138. The number of amides is 1. The first-order chi connectivity index (χ1) is 16.3. The van der Waals surface area contributed by atoms with Crippen molar-refractivity contribution in [2.75, 3.05) is 33.8 Å². The molecule has 1 heterocycles. The van der Waals surface area contributed by atoms with Crippen LogP contribution in [0.4, 0.5) is 5.69 Å². The highest BCUT2D eigenvalue weighted by molar-refractivity contribution is 7.10. The van der Waals surface area contributed by atoms with Crippen molar-refractivity contribution in [2.45, 2.75) is 12.5 Å². The Labute approximate surface area is 200 Å². The molecule has 0 saturated carbocycles. The second-order valence-electron chi connectivity index (χ2n) is 7.09. The van der Waals surface area contributed by atoms with Gasteiger partial charge >= 0.3 is 5.97 Å². The number of nitrogens with zero attached hydrogens (tertiary/aromatic N) is 1. The fourth-order valence-corrected chi connectivity index (χ4v) is 4.10. The summed E-state index contributed by atoms with van der Waals surface area (Å²) < 4.78 is 26.0. The van der Waals surface area contributed by atoms with Crippen molar-refractivity contribution >= 4 is 29.1 Å². The van der Waals surface area contributed by atoms with Crippen molar-refractivity contribution in [1.29, 1.82) is 0 Å². The molecule has 0 radical (unpaired) electrons. The minimum atomic E-state index is -1.21. The second-order valence-corrected chi connectivity index (χ2v) is 7.89. The molecule has 34 heavy (non-hydrogen) atoms. The molecule has 1 aromatic heterocycles. The predicted octanol–water partition coefficient (Wildman–Crippen LogP) is 3.25. The van der Waals surface area contributed by atoms with Crippen LogP contribution in [0.5, 0.6) is 23.0 Å². The quantitative estimate of drug-likeness (QED) is 0.393. The lowest BCUT2D eigenvalue weighted by atomic mass is 10.0. The number of ether oxygens (including phenoxy) is 4. The number of rotatable bonds is 10. The van der Waals surface area contributed by atoms with E-state index < -0.39 is 24.3 Å². The van der Waals surface area contributed by atoms with Gasteiger partial charge in [-0.05, 0) is 41.4 Å². The standard InChI is InChI=1S/C23H25N3O7S/c1-30-17-6-5-12(7-16(17)26-23(29)15(24)10-20(27)28)14-11-25-34-22(14)13-8-18(31-2)21(33-4)19(9-13)32-3/h5-9,11,15H,10,24H2,1-4H3,(H,26,29)(H,27,28)/t15-/m1/s1. The molecule has 0 unspecified atom stereocenters. The maximum absolute atomic E-state index is 12.4. The Kier molecular flexibility index (Phi) is 7.92. The summed E-state index contributed by atoms with van der Waals surface area (Å²) in [5.74, 6) is 0.0931. The molecule has 4 N–H and O–H groups in total. The Morgan fingerprint density at radius 2 is 1.65 bits per heavy atom. The maximum Gasteiger partial charge on any atom is 0.305 e. The molecular formula is C23H25N3O7S. The number of aromatic nitrogens is 1. The SMILES string of the molecule is COc1ccc(-c2cnsc2-c2cc(OC)c(OC)c(OC)c2)cc1NC(=O)[C@H](N)CC(=O)O. The van der Waals surface area contributed by atoms with Crippen molar-refractivity contribution < 1.29 is 33.6 Å². The van der Waals surface area contributed by atoms with E-state index in [4.69, 9.17) is 29.8 Å². The number of carboxylic acids is 1. The van der Waals surface area contributed by atoms with Crippen LogP contribution in [0.25, 0.3) is 21.6 Å². The van der Waals surface area contributed by atoms with E-state index in [1.54, 1.807) is 32.5 Å². The van der Waals surface area contributed by atoms with Gasteiger partial charge in [-0.25, -0.2) is 0 Å². The van der Waals surface area contributed by atoms with Crippen molar-refractivity contribution in [1.82, 2.24) is 4.37 Å². The number of hydrogen-bond acceptors (Lipinski definition) is 9. The Balaban J connectivity index is 2.02. The summed E-state index contributed by atoms with van der Waals surface area (Å²) in [5, 5.41) is 11.6. The van der Waals surface area contributed by atoms with E-state index in [1.807, 2.05) is 18.2 Å². The van der Waals surface area contributed by atoms with E-state index in [1.165, 1.54) is 25.8 Å². The van der Waals surface area contributed by atoms with Crippen LogP contribution in [0.2, 0.25) is 0 Å². The third kappa shape index (κ3) is 5.21. The van der Waals surface area contributed by atoms with Gasteiger partial charge in [0.05, 0.1) is 51.5 Å². The topological polar surface area (TPSA) is 142 Å². The number of aliphatic carboxylic acids is 1. The molecule has 0 aliphatic heterocycles. The lowest BCUT2D eigenvalue weighted by Gasteiger charge is -2.16. The number of carbonyl (C=O) groups excluding carboxylic acids is 1. The van der Waals surface area contributed by atoms with E-state index in [-0.39, 0.29) is 0 Å². The van der Waals surface area contributed by atoms with Crippen molar-refractivity contribution in [3.05, 3.63) is 36.5 Å². The van der Waals surface area contributed by atoms with Crippen LogP contribution in [0.3, 0.4) is 0 Å². The van der Waals surface area contributed by atoms with Gasteiger partial charge in [-0.1, -0.05) is 6.07 Å². The van der Waals surface area contributed by atoms with Crippen LogP contribution >= 0.6 is 11.5 Å². The molecule has 0 aliphatic carbocycles. The average Bonchev–Trinajstić information content (AvgIpc) is 3.32. The molecule has 3 rings (SSSR count). The minimum Gasteiger partial charge on any atom is -0.495 e. The fraction of sp³-hybridized carbons (Fsp3) is 0.261. The van der Waals surface area contributed by atoms with Crippen LogP contribution in [0.1, 0.15) is 6.42 Å². The minimum absolute atomic E-state index is 0.355. The van der Waals surface area contributed by atoms with Gasteiger partial charge in [-0.2, -0.15) is 4.37 Å². The average molecular weight is 488 g/mol.